The number of anilines is 1. The molecular weight excluding hydrogens is 334 g/mol. The van der Waals surface area contributed by atoms with E-state index in [2.05, 4.69) is 10.6 Å². The van der Waals surface area contributed by atoms with Crippen LogP contribution in [0.1, 0.15) is 23.6 Å². The van der Waals surface area contributed by atoms with Gasteiger partial charge in [-0.2, -0.15) is 0 Å². The first-order valence-corrected chi connectivity index (χ1v) is 7.89. The second kappa shape index (κ2) is 8.06. The molecule has 0 heterocycles. The summed E-state index contributed by atoms with van der Waals surface area (Å²) in [6, 6.07) is 11.4. The second-order valence-corrected chi connectivity index (χ2v) is 5.81. The Morgan fingerprint density at radius 2 is 1.69 bits per heavy atom. The maximum Gasteiger partial charge on any atom is 0.272 e. The van der Waals surface area contributed by atoms with Gasteiger partial charge in [0.25, 0.3) is 11.6 Å². The van der Waals surface area contributed by atoms with Crippen LogP contribution in [-0.2, 0) is 9.59 Å². The number of carbonyl (C=O) groups is 2. The summed E-state index contributed by atoms with van der Waals surface area (Å²) in [5.41, 5.74) is 2.76. The topological polar surface area (TPSA) is 101 Å². The summed E-state index contributed by atoms with van der Waals surface area (Å²) in [5.74, 6) is -0.928. The van der Waals surface area contributed by atoms with Crippen LogP contribution < -0.4 is 10.6 Å². The lowest BCUT2D eigenvalue weighted by Crippen LogP contribution is -2.29. The van der Waals surface area contributed by atoms with Crippen molar-refractivity contribution in [3.63, 3.8) is 0 Å². The highest BCUT2D eigenvalue weighted by atomic mass is 16.6. The van der Waals surface area contributed by atoms with E-state index in [-0.39, 0.29) is 11.4 Å². The summed E-state index contributed by atoms with van der Waals surface area (Å²) in [6.45, 7) is 5.02. The lowest BCUT2D eigenvalue weighted by atomic mass is 10.1. The monoisotopic (exact) mass is 353 g/mol. The predicted octanol–water partition coefficient (Wildman–Crippen LogP) is 3.33. The highest BCUT2D eigenvalue weighted by Gasteiger charge is 2.14. The van der Waals surface area contributed by atoms with Crippen LogP contribution in [0.25, 0.3) is 6.08 Å². The van der Waals surface area contributed by atoms with E-state index < -0.39 is 16.7 Å². The van der Waals surface area contributed by atoms with Gasteiger partial charge in [0.1, 0.15) is 5.70 Å². The summed E-state index contributed by atoms with van der Waals surface area (Å²) in [6.07, 6.45) is 1.40. The fraction of sp³-hybridized carbons (Fsp3) is 0.158. The van der Waals surface area contributed by atoms with Gasteiger partial charge in [-0.15, -0.1) is 0 Å². The molecule has 0 saturated carbocycles. The lowest BCUT2D eigenvalue weighted by molar-refractivity contribution is -0.384. The van der Waals surface area contributed by atoms with E-state index >= 15 is 0 Å². The first-order chi connectivity index (χ1) is 12.3. The van der Waals surface area contributed by atoms with Crippen LogP contribution in [0.2, 0.25) is 0 Å². The Morgan fingerprint density at radius 3 is 2.27 bits per heavy atom. The minimum Gasteiger partial charge on any atom is -0.322 e. The van der Waals surface area contributed by atoms with Crippen LogP contribution in [-0.4, -0.2) is 16.7 Å². The Kier molecular flexibility index (Phi) is 5.85. The molecule has 0 aliphatic rings. The number of hydrogen-bond acceptors (Lipinski definition) is 4. The molecule has 7 nitrogen and oxygen atoms in total. The molecule has 0 aromatic heterocycles. The fourth-order valence-electron chi connectivity index (χ4n) is 2.44. The molecule has 2 aromatic carbocycles. The van der Waals surface area contributed by atoms with Gasteiger partial charge in [0.05, 0.1) is 4.92 Å². The average Bonchev–Trinajstić information content (AvgIpc) is 2.57. The van der Waals surface area contributed by atoms with Crippen molar-refractivity contribution >= 4 is 29.3 Å². The van der Waals surface area contributed by atoms with Gasteiger partial charge in [0.2, 0.25) is 5.91 Å². The number of nitro groups is 1. The zero-order valence-corrected chi connectivity index (χ0v) is 14.7. The minimum absolute atomic E-state index is 0.000603. The molecule has 2 N–H and O–H groups in total. The second-order valence-electron chi connectivity index (χ2n) is 5.81. The van der Waals surface area contributed by atoms with Gasteiger partial charge in [0.15, 0.2) is 0 Å². The molecule has 0 fully saturated rings. The molecule has 0 bridgehead atoms. The summed E-state index contributed by atoms with van der Waals surface area (Å²) in [5, 5.41) is 16.2. The number of amides is 2. The van der Waals surface area contributed by atoms with Crippen LogP contribution in [0.3, 0.4) is 0 Å². The normalized spacial score (nSPS) is 11.0. The van der Waals surface area contributed by atoms with E-state index in [4.69, 9.17) is 0 Å². The molecule has 0 aliphatic carbocycles. The fourth-order valence-corrected chi connectivity index (χ4v) is 2.44. The zero-order valence-electron chi connectivity index (χ0n) is 14.7. The molecule has 26 heavy (non-hydrogen) atoms. The largest absolute Gasteiger partial charge is 0.322 e. The van der Waals surface area contributed by atoms with Gasteiger partial charge in [-0.1, -0.05) is 30.3 Å². The summed E-state index contributed by atoms with van der Waals surface area (Å²) >= 11 is 0. The van der Waals surface area contributed by atoms with Gasteiger partial charge < -0.3 is 10.6 Å². The van der Waals surface area contributed by atoms with Gasteiger partial charge in [-0.25, -0.2) is 0 Å². The van der Waals surface area contributed by atoms with E-state index in [1.807, 2.05) is 32.0 Å². The highest BCUT2D eigenvalue weighted by Crippen LogP contribution is 2.21. The third kappa shape index (κ3) is 4.76. The van der Waals surface area contributed by atoms with Crippen LogP contribution in [0.5, 0.6) is 0 Å². The molecule has 2 amide bonds. The number of nitrogens with one attached hydrogen (secondary N) is 2. The lowest BCUT2D eigenvalue weighted by Gasteiger charge is -2.13. The molecule has 0 atom stereocenters. The van der Waals surface area contributed by atoms with Crippen molar-refractivity contribution in [3.8, 4) is 0 Å². The van der Waals surface area contributed by atoms with Crippen LogP contribution in [0.15, 0.2) is 48.2 Å². The van der Waals surface area contributed by atoms with Gasteiger partial charge in [-0.3, -0.25) is 19.7 Å². The molecule has 7 heteroatoms. The van der Waals surface area contributed by atoms with E-state index in [1.165, 1.54) is 31.2 Å². The summed E-state index contributed by atoms with van der Waals surface area (Å²) < 4.78 is 0. The first-order valence-electron chi connectivity index (χ1n) is 7.89. The number of para-hydroxylation sites is 1. The van der Waals surface area contributed by atoms with E-state index in [1.54, 1.807) is 6.07 Å². The molecule has 134 valence electrons. The number of nitro benzene ring substituents is 1. The number of carbonyl (C=O) groups excluding carboxylic acids is 2. The van der Waals surface area contributed by atoms with Crippen molar-refractivity contribution in [2.24, 2.45) is 0 Å². The molecule has 0 spiro atoms. The third-order valence-corrected chi connectivity index (χ3v) is 3.67. The van der Waals surface area contributed by atoms with Crippen LogP contribution in [0, 0.1) is 24.0 Å². The van der Waals surface area contributed by atoms with Crippen molar-refractivity contribution in [3.05, 3.63) is 75.0 Å². The zero-order chi connectivity index (χ0) is 19.3. The Balaban J connectivity index is 2.37. The number of hydrogen-bond donors (Lipinski definition) is 2. The quantitative estimate of drug-likeness (QED) is 0.489. The Bertz CT molecular complexity index is 883. The molecule has 2 rings (SSSR count). The van der Waals surface area contributed by atoms with Gasteiger partial charge in [0, 0.05) is 24.7 Å². The first kappa shape index (κ1) is 18.9. The number of aryl methyl sites for hydroxylation is 2. The van der Waals surface area contributed by atoms with Crippen molar-refractivity contribution < 1.29 is 14.5 Å². The van der Waals surface area contributed by atoms with Gasteiger partial charge >= 0.3 is 0 Å². The maximum absolute atomic E-state index is 12.6. The number of rotatable bonds is 5. The molecular formula is C19H19N3O4. The highest BCUT2D eigenvalue weighted by molar-refractivity contribution is 6.09. The molecule has 2 aromatic rings. The summed E-state index contributed by atoms with van der Waals surface area (Å²) in [7, 11) is 0. The molecule has 0 saturated heterocycles. The Labute approximate surface area is 150 Å². The third-order valence-electron chi connectivity index (χ3n) is 3.67. The smallest absolute Gasteiger partial charge is 0.272 e. The molecule has 0 aliphatic heterocycles. The van der Waals surface area contributed by atoms with Crippen molar-refractivity contribution in [2.45, 2.75) is 20.8 Å². The Morgan fingerprint density at radius 1 is 1.08 bits per heavy atom. The van der Waals surface area contributed by atoms with Crippen molar-refractivity contribution in [1.82, 2.24) is 5.32 Å². The van der Waals surface area contributed by atoms with E-state index in [0.717, 1.165) is 11.1 Å². The van der Waals surface area contributed by atoms with Crippen molar-refractivity contribution in [1.29, 1.82) is 0 Å². The van der Waals surface area contributed by atoms with Gasteiger partial charge in [-0.05, 0) is 36.6 Å². The number of nitrogens with zero attached hydrogens (tertiary/aromatic N) is 1. The number of benzene rings is 2. The minimum atomic E-state index is -0.522. The Hall–Kier alpha value is -3.48. The van der Waals surface area contributed by atoms with Crippen LogP contribution in [0.4, 0.5) is 11.4 Å². The summed E-state index contributed by atoms with van der Waals surface area (Å²) in [4.78, 5) is 34.5. The molecule has 0 unspecified atom stereocenters. The number of non-ortho nitro benzene ring substituents is 1. The average molecular weight is 353 g/mol. The standard InChI is InChI=1S/C19H19N3O4/c1-12-6-4-7-13(2)18(12)21-19(24)17(20-14(3)23)11-15-8-5-9-16(10-15)22(25)26/h4-11H,1-3H3,(H,20,23)(H,21,24)/b17-11-. The predicted molar refractivity (Wildman–Crippen MR) is 99.4 cm³/mol. The SMILES string of the molecule is CC(=O)N/C(=C\c1cccc([N+](=O)[O-])c1)C(=O)Nc1c(C)cccc1C. The van der Waals surface area contributed by atoms with Crippen LogP contribution >= 0.6 is 0 Å². The van der Waals surface area contributed by atoms with Crippen molar-refractivity contribution in [2.75, 3.05) is 5.32 Å². The van der Waals surface area contributed by atoms with E-state index in [0.29, 0.717) is 11.3 Å². The maximum atomic E-state index is 12.6. The molecule has 0 radical (unpaired) electrons. The van der Waals surface area contributed by atoms with E-state index in [9.17, 15) is 19.7 Å².